The van der Waals surface area contributed by atoms with Gasteiger partial charge in [-0.2, -0.15) is 0 Å². The highest BCUT2D eigenvalue weighted by Crippen LogP contribution is 2.10. The molecule has 1 aromatic carbocycles. The lowest BCUT2D eigenvalue weighted by molar-refractivity contribution is 0.170. The minimum Gasteiger partial charge on any atom is -0.372 e. The normalized spacial score (nSPS) is 20.2. The Balaban J connectivity index is 1.61. The summed E-state index contributed by atoms with van der Waals surface area (Å²) >= 11 is 0. The molecule has 1 aliphatic heterocycles. The predicted octanol–water partition coefficient (Wildman–Crippen LogP) is 1.81. The molecule has 1 fully saturated rings. The van der Waals surface area contributed by atoms with Gasteiger partial charge in [0.25, 0.3) is 0 Å². The van der Waals surface area contributed by atoms with Crippen LogP contribution in [-0.2, 0) is 15.9 Å². The molecule has 1 aromatic rings. The van der Waals surface area contributed by atoms with Crippen LogP contribution in [0.25, 0.3) is 0 Å². The monoisotopic (exact) mass is 177 g/mol. The van der Waals surface area contributed by atoms with Crippen molar-refractivity contribution in [3.63, 3.8) is 0 Å². The molecule has 0 bridgehead atoms. The zero-order chi connectivity index (χ0) is 8.93. The third-order valence-corrected chi connectivity index (χ3v) is 1.96. The number of benzene rings is 1. The van der Waals surface area contributed by atoms with Crippen molar-refractivity contribution < 1.29 is 9.47 Å². The van der Waals surface area contributed by atoms with Gasteiger partial charge >= 0.3 is 0 Å². The Hall–Kier alpha value is -0.860. The van der Waals surface area contributed by atoms with E-state index >= 15 is 0 Å². The van der Waals surface area contributed by atoms with Crippen LogP contribution < -0.4 is 0 Å². The molecule has 0 saturated carbocycles. The summed E-state index contributed by atoms with van der Waals surface area (Å²) in [6.45, 7) is 3.41. The van der Waals surface area contributed by atoms with Crippen molar-refractivity contribution in [1.29, 1.82) is 0 Å². The highest BCUT2D eigenvalue weighted by Gasteiger charge is 2.21. The van der Waals surface area contributed by atoms with Crippen LogP contribution in [0.2, 0.25) is 0 Å². The van der Waals surface area contributed by atoms with Gasteiger partial charge in [-0.05, 0) is 5.56 Å². The maximum absolute atomic E-state index is 5.31. The Kier molecular flexibility index (Phi) is 2.95. The van der Waals surface area contributed by atoms with Crippen LogP contribution in [0.15, 0.2) is 30.3 Å². The topological polar surface area (TPSA) is 21.8 Å². The average Bonchev–Trinajstić information content (AvgIpc) is 2.98. The summed E-state index contributed by atoms with van der Waals surface area (Å²) in [5.74, 6) is 0. The molecule has 0 aliphatic carbocycles. The van der Waals surface area contributed by atoms with Crippen LogP contribution >= 0.6 is 0 Å². The molecule has 0 amide bonds. The van der Waals surface area contributed by atoms with E-state index in [1.165, 1.54) is 5.56 Å². The van der Waals surface area contributed by atoms with Crippen LogP contribution in [0, 0.1) is 6.61 Å². The Bertz CT molecular complexity index is 242. The lowest BCUT2D eigenvalue weighted by atomic mass is 10.2. The summed E-state index contributed by atoms with van der Waals surface area (Å²) in [6.07, 6.45) is 1.22. The maximum atomic E-state index is 5.31. The quantitative estimate of drug-likeness (QED) is 0.505. The van der Waals surface area contributed by atoms with Gasteiger partial charge in [0.2, 0.25) is 0 Å². The largest absolute Gasteiger partial charge is 0.372 e. The molecule has 1 heterocycles. The number of ether oxygens (including phenoxy) is 2. The molecule has 1 aliphatic rings. The Morgan fingerprint density at radius 2 is 2.15 bits per heavy atom. The number of rotatable bonds is 5. The second-order valence-electron chi connectivity index (χ2n) is 3.15. The molecule has 1 unspecified atom stereocenters. The van der Waals surface area contributed by atoms with E-state index in [0.29, 0.717) is 12.7 Å². The minimum absolute atomic E-state index is 0.354. The van der Waals surface area contributed by atoms with Gasteiger partial charge in [-0.15, -0.1) is 0 Å². The molecule has 69 valence electrons. The lowest BCUT2D eigenvalue weighted by Crippen LogP contribution is -2.00. The van der Waals surface area contributed by atoms with E-state index in [0.717, 1.165) is 13.0 Å². The molecule has 13 heavy (non-hydrogen) atoms. The summed E-state index contributed by atoms with van der Waals surface area (Å²) in [4.78, 5) is 0. The second kappa shape index (κ2) is 4.40. The van der Waals surface area contributed by atoms with Crippen LogP contribution in [0.4, 0.5) is 0 Å². The van der Waals surface area contributed by atoms with E-state index in [2.05, 4.69) is 12.1 Å². The Morgan fingerprint density at radius 1 is 1.38 bits per heavy atom. The highest BCUT2D eigenvalue weighted by atomic mass is 16.6. The Morgan fingerprint density at radius 3 is 2.85 bits per heavy atom. The number of epoxide rings is 1. The van der Waals surface area contributed by atoms with E-state index in [4.69, 9.17) is 9.47 Å². The lowest BCUT2D eigenvalue weighted by Gasteiger charge is -2.00. The molecular formula is C11H13O2. The van der Waals surface area contributed by atoms with Gasteiger partial charge in [-0.25, -0.2) is 0 Å². The standard InChI is InChI=1S/C11H13O2/c1-2-4-10(5-3-1)6-7-12-8-11-9-13-11/h1-5,7,11H,6,8-9H2. The van der Waals surface area contributed by atoms with Crippen molar-refractivity contribution in [2.24, 2.45) is 0 Å². The maximum Gasteiger partial charge on any atom is 0.104 e. The molecule has 1 atom stereocenters. The molecule has 2 rings (SSSR count). The van der Waals surface area contributed by atoms with Gasteiger partial charge in [0, 0.05) is 6.42 Å². The van der Waals surface area contributed by atoms with Crippen molar-refractivity contribution in [3.8, 4) is 0 Å². The first-order valence-electron chi connectivity index (χ1n) is 4.54. The smallest absolute Gasteiger partial charge is 0.104 e. The Labute approximate surface area is 78.5 Å². The average molecular weight is 177 g/mol. The third-order valence-electron chi connectivity index (χ3n) is 1.96. The van der Waals surface area contributed by atoms with Gasteiger partial charge in [0.1, 0.15) is 6.10 Å². The number of hydrogen-bond acceptors (Lipinski definition) is 2. The van der Waals surface area contributed by atoms with Crippen LogP contribution in [0.3, 0.4) is 0 Å². The van der Waals surface area contributed by atoms with Gasteiger partial charge < -0.3 is 9.47 Å². The molecular weight excluding hydrogens is 164 g/mol. The fraction of sp³-hybridized carbons (Fsp3) is 0.364. The molecule has 0 aromatic heterocycles. The van der Waals surface area contributed by atoms with Crippen molar-refractivity contribution >= 4 is 0 Å². The fourth-order valence-corrected chi connectivity index (χ4v) is 1.11. The second-order valence-corrected chi connectivity index (χ2v) is 3.15. The van der Waals surface area contributed by atoms with Crippen LogP contribution in [-0.4, -0.2) is 19.3 Å². The summed E-state index contributed by atoms with van der Waals surface area (Å²) < 4.78 is 10.3. The van der Waals surface area contributed by atoms with E-state index < -0.39 is 0 Å². The summed E-state index contributed by atoms with van der Waals surface area (Å²) in [5.41, 5.74) is 1.28. The van der Waals surface area contributed by atoms with E-state index in [1.54, 1.807) is 0 Å². The first-order chi connectivity index (χ1) is 6.45. The highest BCUT2D eigenvalue weighted by molar-refractivity contribution is 5.15. The third kappa shape index (κ3) is 3.17. The van der Waals surface area contributed by atoms with Crippen molar-refractivity contribution in [3.05, 3.63) is 42.5 Å². The predicted molar refractivity (Wildman–Crippen MR) is 50.1 cm³/mol. The first-order valence-corrected chi connectivity index (χ1v) is 4.54. The molecule has 2 nitrogen and oxygen atoms in total. The summed E-state index contributed by atoms with van der Waals surface area (Å²) in [6, 6.07) is 10.3. The first kappa shape index (κ1) is 8.73. The van der Waals surface area contributed by atoms with Crippen molar-refractivity contribution in [2.75, 3.05) is 13.2 Å². The fourth-order valence-electron chi connectivity index (χ4n) is 1.11. The zero-order valence-electron chi connectivity index (χ0n) is 7.48. The number of hydrogen-bond donors (Lipinski definition) is 0. The molecule has 1 saturated heterocycles. The van der Waals surface area contributed by atoms with Crippen molar-refractivity contribution in [1.82, 2.24) is 0 Å². The van der Waals surface area contributed by atoms with Gasteiger partial charge in [-0.1, -0.05) is 30.3 Å². The molecule has 1 radical (unpaired) electrons. The van der Waals surface area contributed by atoms with Crippen molar-refractivity contribution in [2.45, 2.75) is 12.5 Å². The SMILES string of the molecule is [CH](Cc1ccccc1)OCC1CO1. The van der Waals surface area contributed by atoms with Crippen LogP contribution in [0.1, 0.15) is 5.56 Å². The van der Waals surface area contributed by atoms with Gasteiger partial charge in [0.05, 0.1) is 19.8 Å². The minimum atomic E-state index is 0.354. The van der Waals surface area contributed by atoms with Gasteiger partial charge in [0.15, 0.2) is 0 Å². The van der Waals surface area contributed by atoms with Crippen LogP contribution in [0.5, 0.6) is 0 Å². The molecule has 2 heteroatoms. The zero-order valence-corrected chi connectivity index (χ0v) is 7.48. The molecule has 0 spiro atoms. The molecule has 0 N–H and O–H groups in total. The van der Waals surface area contributed by atoms with Gasteiger partial charge in [-0.3, -0.25) is 0 Å². The summed E-state index contributed by atoms with van der Waals surface area (Å²) in [5, 5.41) is 0. The van der Waals surface area contributed by atoms with E-state index in [-0.39, 0.29) is 0 Å². The van der Waals surface area contributed by atoms with E-state index in [9.17, 15) is 0 Å². The van der Waals surface area contributed by atoms with E-state index in [1.807, 2.05) is 24.8 Å². The summed E-state index contributed by atoms with van der Waals surface area (Å²) in [7, 11) is 0.